The van der Waals surface area contributed by atoms with Gasteiger partial charge in [-0.1, -0.05) is 79.0 Å². The average Bonchev–Trinajstić information content (AvgIpc) is 2.61. The van der Waals surface area contributed by atoms with Crippen molar-refractivity contribution >= 4 is 46.4 Å². The maximum Gasteiger partial charge on any atom is 0.277 e. The number of nitrogens with one attached hydrogen (secondary N) is 1. The molecule has 1 amide bonds. The fourth-order valence-corrected chi connectivity index (χ4v) is 2.76. The zero-order valence-corrected chi connectivity index (χ0v) is 16.7. The van der Waals surface area contributed by atoms with Gasteiger partial charge < -0.3 is 4.74 Å². The van der Waals surface area contributed by atoms with Gasteiger partial charge in [-0.2, -0.15) is 5.10 Å². The summed E-state index contributed by atoms with van der Waals surface area (Å²) < 4.78 is 5.40. The summed E-state index contributed by atoms with van der Waals surface area (Å²) in [6.45, 7) is 3.94. The molecule has 0 heterocycles. The SMILES string of the molecule is CC(C)C/C(=N\NC(=O)COc1cc(Cl)c(Cl)cc1Cl)c1ccccc1. The molecule has 2 aromatic rings. The Balaban J connectivity index is 2.01. The van der Waals surface area contributed by atoms with Crippen molar-refractivity contribution < 1.29 is 9.53 Å². The quantitative estimate of drug-likeness (QED) is 0.365. The van der Waals surface area contributed by atoms with Crippen molar-refractivity contribution in [3.63, 3.8) is 0 Å². The molecule has 0 bridgehead atoms. The predicted molar refractivity (Wildman–Crippen MR) is 108 cm³/mol. The normalized spacial score (nSPS) is 11.5. The molecular formula is C19H19Cl3N2O2. The molecule has 4 nitrogen and oxygen atoms in total. The first-order chi connectivity index (χ1) is 12.4. The van der Waals surface area contributed by atoms with Crippen LogP contribution in [-0.4, -0.2) is 18.2 Å². The van der Waals surface area contributed by atoms with Crippen LogP contribution in [0.2, 0.25) is 15.1 Å². The number of hydrogen-bond acceptors (Lipinski definition) is 3. The largest absolute Gasteiger partial charge is 0.482 e. The number of nitrogens with zero attached hydrogens (tertiary/aromatic N) is 1. The maximum absolute atomic E-state index is 12.1. The van der Waals surface area contributed by atoms with Crippen molar-refractivity contribution in [2.24, 2.45) is 11.0 Å². The molecule has 0 saturated carbocycles. The molecule has 0 aliphatic rings. The Labute approximate surface area is 168 Å². The number of benzene rings is 2. The fraction of sp³-hybridized carbons (Fsp3) is 0.263. The monoisotopic (exact) mass is 412 g/mol. The van der Waals surface area contributed by atoms with Crippen LogP contribution in [0.5, 0.6) is 5.75 Å². The molecule has 2 aromatic carbocycles. The molecule has 0 spiro atoms. The Morgan fingerprint density at radius 3 is 2.38 bits per heavy atom. The fourth-order valence-electron chi connectivity index (χ4n) is 2.17. The lowest BCUT2D eigenvalue weighted by molar-refractivity contribution is -0.123. The van der Waals surface area contributed by atoms with Crippen LogP contribution in [0.25, 0.3) is 0 Å². The zero-order chi connectivity index (χ0) is 19.1. The summed E-state index contributed by atoms with van der Waals surface area (Å²) >= 11 is 17.8. The zero-order valence-electron chi connectivity index (χ0n) is 14.4. The van der Waals surface area contributed by atoms with Crippen molar-refractivity contribution in [3.05, 3.63) is 63.1 Å². The molecule has 7 heteroatoms. The molecule has 0 unspecified atom stereocenters. The van der Waals surface area contributed by atoms with Gasteiger partial charge in [-0.25, -0.2) is 5.43 Å². The summed E-state index contributed by atoms with van der Waals surface area (Å²) in [6, 6.07) is 12.7. The number of carbonyl (C=O) groups is 1. The number of ether oxygens (including phenoxy) is 1. The summed E-state index contributed by atoms with van der Waals surface area (Å²) in [5.41, 5.74) is 4.30. The third-order valence-corrected chi connectivity index (χ3v) is 4.38. The predicted octanol–water partition coefficient (Wildman–Crippen LogP) is 5.59. The van der Waals surface area contributed by atoms with Gasteiger partial charge in [0.1, 0.15) is 5.75 Å². The third kappa shape index (κ3) is 6.20. The van der Waals surface area contributed by atoms with Gasteiger partial charge >= 0.3 is 0 Å². The van der Waals surface area contributed by atoms with E-state index in [0.29, 0.717) is 16.0 Å². The molecule has 0 aliphatic carbocycles. The third-order valence-electron chi connectivity index (χ3n) is 3.36. The Morgan fingerprint density at radius 1 is 1.08 bits per heavy atom. The van der Waals surface area contributed by atoms with E-state index in [-0.39, 0.29) is 17.4 Å². The molecule has 0 atom stereocenters. The molecule has 26 heavy (non-hydrogen) atoms. The Bertz CT molecular complexity index is 793. The van der Waals surface area contributed by atoms with E-state index >= 15 is 0 Å². The highest BCUT2D eigenvalue weighted by atomic mass is 35.5. The molecule has 138 valence electrons. The van der Waals surface area contributed by atoms with E-state index in [0.717, 1.165) is 17.7 Å². The van der Waals surface area contributed by atoms with Crippen LogP contribution < -0.4 is 10.2 Å². The highest BCUT2D eigenvalue weighted by molar-refractivity contribution is 6.43. The van der Waals surface area contributed by atoms with E-state index in [9.17, 15) is 4.79 Å². The first kappa shape index (κ1) is 20.6. The second kappa shape index (κ2) is 9.81. The smallest absolute Gasteiger partial charge is 0.277 e. The Hall–Kier alpha value is -1.75. The van der Waals surface area contributed by atoms with Crippen LogP contribution in [0.3, 0.4) is 0 Å². The van der Waals surface area contributed by atoms with Gasteiger partial charge in [0.25, 0.3) is 5.91 Å². The number of rotatable bonds is 7. The number of hydrogen-bond donors (Lipinski definition) is 1. The second-order valence-electron chi connectivity index (χ2n) is 6.04. The van der Waals surface area contributed by atoms with Crippen LogP contribution >= 0.6 is 34.8 Å². The minimum absolute atomic E-state index is 0.245. The molecular weight excluding hydrogens is 395 g/mol. The first-order valence-electron chi connectivity index (χ1n) is 8.05. The summed E-state index contributed by atoms with van der Waals surface area (Å²) in [5, 5.41) is 5.15. The summed E-state index contributed by atoms with van der Waals surface area (Å²) in [4.78, 5) is 12.1. The molecule has 0 radical (unpaired) electrons. The van der Waals surface area contributed by atoms with Gasteiger partial charge in [0, 0.05) is 6.07 Å². The van der Waals surface area contributed by atoms with Crippen LogP contribution in [0.15, 0.2) is 47.6 Å². The number of halogens is 3. The molecule has 1 N–H and O–H groups in total. The Kier molecular flexibility index (Phi) is 7.76. The van der Waals surface area contributed by atoms with E-state index in [1.54, 1.807) is 0 Å². The standard InChI is InChI=1S/C19H19Cl3N2O2/c1-12(2)8-17(13-6-4-3-5-7-13)23-24-19(25)11-26-18-10-15(21)14(20)9-16(18)22/h3-7,9-10,12H,8,11H2,1-2H3,(H,24,25)/b23-17+. The minimum Gasteiger partial charge on any atom is -0.482 e. The lowest BCUT2D eigenvalue weighted by Crippen LogP contribution is -2.26. The molecule has 0 fully saturated rings. The molecule has 0 aromatic heterocycles. The van der Waals surface area contributed by atoms with Crippen molar-refractivity contribution in [1.29, 1.82) is 0 Å². The van der Waals surface area contributed by atoms with E-state index in [1.807, 2.05) is 30.3 Å². The van der Waals surface area contributed by atoms with Crippen molar-refractivity contribution in [1.82, 2.24) is 5.43 Å². The lowest BCUT2D eigenvalue weighted by Gasteiger charge is -2.11. The highest BCUT2D eigenvalue weighted by Crippen LogP contribution is 2.33. The van der Waals surface area contributed by atoms with Gasteiger partial charge in [0.15, 0.2) is 6.61 Å². The molecule has 2 rings (SSSR count). The highest BCUT2D eigenvalue weighted by Gasteiger charge is 2.11. The van der Waals surface area contributed by atoms with Crippen molar-refractivity contribution in [3.8, 4) is 5.75 Å². The summed E-state index contributed by atoms with van der Waals surface area (Å²) in [6.07, 6.45) is 0.740. The van der Waals surface area contributed by atoms with Crippen LogP contribution in [0.4, 0.5) is 0 Å². The maximum atomic E-state index is 12.1. The summed E-state index contributed by atoms with van der Waals surface area (Å²) in [5.74, 6) is 0.284. The van der Waals surface area contributed by atoms with E-state index in [2.05, 4.69) is 24.4 Å². The van der Waals surface area contributed by atoms with E-state index in [4.69, 9.17) is 39.5 Å². The Morgan fingerprint density at radius 2 is 1.73 bits per heavy atom. The van der Waals surface area contributed by atoms with Crippen molar-refractivity contribution in [2.45, 2.75) is 20.3 Å². The van der Waals surface area contributed by atoms with Gasteiger partial charge in [-0.15, -0.1) is 0 Å². The van der Waals surface area contributed by atoms with Gasteiger partial charge in [-0.05, 0) is 24.0 Å². The van der Waals surface area contributed by atoms with Crippen molar-refractivity contribution in [2.75, 3.05) is 6.61 Å². The van der Waals surface area contributed by atoms with Gasteiger partial charge in [-0.3, -0.25) is 4.79 Å². The topological polar surface area (TPSA) is 50.7 Å². The number of hydrazone groups is 1. The number of carbonyl (C=O) groups excluding carboxylic acids is 1. The second-order valence-corrected chi connectivity index (χ2v) is 7.26. The van der Waals surface area contributed by atoms with Crippen LogP contribution in [0, 0.1) is 5.92 Å². The van der Waals surface area contributed by atoms with Crippen LogP contribution in [-0.2, 0) is 4.79 Å². The van der Waals surface area contributed by atoms with E-state index < -0.39 is 5.91 Å². The average molecular weight is 414 g/mol. The molecule has 0 saturated heterocycles. The minimum atomic E-state index is -0.399. The van der Waals surface area contributed by atoms with Crippen LogP contribution in [0.1, 0.15) is 25.8 Å². The van der Waals surface area contributed by atoms with Gasteiger partial charge in [0.2, 0.25) is 0 Å². The van der Waals surface area contributed by atoms with E-state index in [1.165, 1.54) is 12.1 Å². The first-order valence-corrected chi connectivity index (χ1v) is 9.18. The number of amides is 1. The summed E-state index contributed by atoms with van der Waals surface area (Å²) in [7, 11) is 0. The van der Waals surface area contributed by atoms with Gasteiger partial charge in [0.05, 0.1) is 20.8 Å². The lowest BCUT2D eigenvalue weighted by atomic mass is 10.0. The molecule has 0 aliphatic heterocycles.